The summed E-state index contributed by atoms with van der Waals surface area (Å²) in [5.41, 5.74) is 0.747. The number of hydrogen-bond acceptors (Lipinski definition) is 3. The number of hydrogen-bond donors (Lipinski definition) is 1. The molecule has 19 heavy (non-hydrogen) atoms. The van der Waals surface area contributed by atoms with Crippen molar-refractivity contribution < 1.29 is 18.3 Å². The van der Waals surface area contributed by atoms with Gasteiger partial charge in [0.25, 0.3) is 0 Å². The maximum atomic E-state index is 12.3. The SMILES string of the molecule is CCC(Nc1ccc(OC)c(OC(F)F)c1)C(C)C. The van der Waals surface area contributed by atoms with Crippen molar-refractivity contribution in [2.45, 2.75) is 39.8 Å². The van der Waals surface area contributed by atoms with Gasteiger partial charge in [-0.25, -0.2) is 0 Å². The van der Waals surface area contributed by atoms with E-state index in [0.29, 0.717) is 11.7 Å². The van der Waals surface area contributed by atoms with Crippen molar-refractivity contribution in [2.75, 3.05) is 12.4 Å². The van der Waals surface area contributed by atoms with E-state index in [-0.39, 0.29) is 11.8 Å². The van der Waals surface area contributed by atoms with Gasteiger partial charge in [-0.05, 0) is 24.5 Å². The van der Waals surface area contributed by atoms with Crippen molar-refractivity contribution in [1.82, 2.24) is 0 Å². The molecule has 1 aromatic carbocycles. The van der Waals surface area contributed by atoms with Crippen molar-refractivity contribution in [3.05, 3.63) is 18.2 Å². The number of benzene rings is 1. The number of halogens is 2. The van der Waals surface area contributed by atoms with E-state index in [9.17, 15) is 8.78 Å². The van der Waals surface area contributed by atoms with Gasteiger partial charge in [-0.1, -0.05) is 20.8 Å². The maximum Gasteiger partial charge on any atom is 0.387 e. The molecule has 0 aliphatic heterocycles. The first-order chi connectivity index (χ1) is 8.97. The molecule has 0 bridgehead atoms. The molecule has 0 saturated carbocycles. The largest absolute Gasteiger partial charge is 0.493 e. The highest BCUT2D eigenvalue weighted by Crippen LogP contribution is 2.32. The van der Waals surface area contributed by atoms with E-state index in [4.69, 9.17) is 4.74 Å². The molecule has 0 aliphatic carbocycles. The van der Waals surface area contributed by atoms with Crippen LogP contribution in [0, 0.1) is 5.92 Å². The van der Waals surface area contributed by atoms with Crippen LogP contribution in [-0.4, -0.2) is 19.8 Å². The zero-order valence-electron chi connectivity index (χ0n) is 11.7. The van der Waals surface area contributed by atoms with Gasteiger partial charge in [0.1, 0.15) is 0 Å². The molecule has 1 unspecified atom stereocenters. The molecule has 0 heterocycles. The summed E-state index contributed by atoms with van der Waals surface area (Å²) in [4.78, 5) is 0. The molecule has 0 aliphatic rings. The lowest BCUT2D eigenvalue weighted by Gasteiger charge is -2.22. The Hall–Kier alpha value is -1.52. The summed E-state index contributed by atoms with van der Waals surface area (Å²) < 4.78 is 34.1. The second-order valence-corrected chi connectivity index (χ2v) is 4.65. The molecule has 1 atom stereocenters. The molecule has 1 N–H and O–H groups in total. The first-order valence-corrected chi connectivity index (χ1v) is 6.37. The van der Waals surface area contributed by atoms with Gasteiger partial charge in [-0.15, -0.1) is 0 Å². The van der Waals surface area contributed by atoms with Gasteiger partial charge in [0.15, 0.2) is 11.5 Å². The third-order valence-corrected chi connectivity index (χ3v) is 2.98. The Balaban J connectivity index is 2.90. The van der Waals surface area contributed by atoms with Crippen LogP contribution in [0.2, 0.25) is 0 Å². The summed E-state index contributed by atoms with van der Waals surface area (Å²) in [7, 11) is 1.42. The third-order valence-electron chi connectivity index (χ3n) is 2.98. The highest BCUT2D eigenvalue weighted by molar-refractivity contribution is 5.55. The topological polar surface area (TPSA) is 30.5 Å². The summed E-state index contributed by atoms with van der Waals surface area (Å²) >= 11 is 0. The van der Waals surface area contributed by atoms with Gasteiger partial charge in [0, 0.05) is 17.8 Å². The monoisotopic (exact) mass is 273 g/mol. The van der Waals surface area contributed by atoms with Crippen LogP contribution in [0.1, 0.15) is 27.2 Å². The maximum absolute atomic E-state index is 12.3. The van der Waals surface area contributed by atoms with E-state index in [1.807, 2.05) is 0 Å². The molecule has 0 saturated heterocycles. The Kier molecular flexibility index (Phi) is 5.86. The molecule has 0 radical (unpaired) electrons. The Morgan fingerprint density at radius 3 is 2.37 bits per heavy atom. The van der Waals surface area contributed by atoms with Crippen LogP contribution in [-0.2, 0) is 0 Å². The molecule has 108 valence electrons. The van der Waals surface area contributed by atoms with Gasteiger partial charge >= 0.3 is 6.61 Å². The predicted molar refractivity (Wildman–Crippen MR) is 72.2 cm³/mol. The second-order valence-electron chi connectivity index (χ2n) is 4.65. The summed E-state index contributed by atoms with van der Waals surface area (Å²) in [6.07, 6.45) is 0.953. The number of alkyl halides is 2. The van der Waals surface area contributed by atoms with Crippen LogP contribution in [0.3, 0.4) is 0 Å². The van der Waals surface area contributed by atoms with E-state index < -0.39 is 6.61 Å². The van der Waals surface area contributed by atoms with Crippen molar-refractivity contribution in [2.24, 2.45) is 5.92 Å². The summed E-state index contributed by atoms with van der Waals surface area (Å²) in [6, 6.07) is 5.23. The number of anilines is 1. The predicted octanol–water partition coefficient (Wildman–Crippen LogP) is 4.14. The van der Waals surface area contributed by atoms with E-state index >= 15 is 0 Å². The fraction of sp³-hybridized carbons (Fsp3) is 0.571. The zero-order valence-corrected chi connectivity index (χ0v) is 11.7. The number of ether oxygens (including phenoxy) is 2. The van der Waals surface area contributed by atoms with Crippen LogP contribution < -0.4 is 14.8 Å². The molecule has 3 nitrogen and oxygen atoms in total. The lowest BCUT2D eigenvalue weighted by Crippen LogP contribution is -2.24. The number of rotatable bonds is 7. The normalized spacial score (nSPS) is 12.6. The Morgan fingerprint density at radius 1 is 1.21 bits per heavy atom. The fourth-order valence-electron chi connectivity index (χ4n) is 1.91. The first kappa shape index (κ1) is 15.5. The minimum absolute atomic E-state index is 0.0427. The quantitative estimate of drug-likeness (QED) is 0.809. The lowest BCUT2D eigenvalue weighted by atomic mass is 10.0. The zero-order chi connectivity index (χ0) is 14.4. The molecule has 0 spiro atoms. The van der Waals surface area contributed by atoms with Crippen molar-refractivity contribution in [1.29, 1.82) is 0 Å². The summed E-state index contributed by atoms with van der Waals surface area (Å²) in [5, 5.41) is 3.31. The average molecular weight is 273 g/mol. The van der Waals surface area contributed by atoms with Crippen LogP contribution >= 0.6 is 0 Å². The third kappa shape index (κ3) is 4.58. The van der Waals surface area contributed by atoms with Gasteiger partial charge < -0.3 is 14.8 Å². The van der Waals surface area contributed by atoms with Crippen LogP contribution in [0.25, 0.3) is 0 Å². The molecule has 1 aromatic rings. The smallest absolute Gasteiger partial charge is 0.387 e. The Labute approximate surface area is 112 Å². The summed E-state index contributed by atoms with van der Waals surface area (Å²) in [5.74, 6) is 0.788. The molecule has 1 rings (SSSR count). The van der Waals surface area contributed by atoms with Crippen molar-refractivity contribution >= 4 is 5.69 Å². The molecule has 0 fully saturated rings. The molecular weight excluding hydrogens is 252 g/mol. The molecular formula is C14H21F2NO2. The standard InChI is InChI=1S/C14H21F2NO2/c1-5-11(9(2)3)17-10-6-7-12(18-4)13(8-10)19-14(15)16/h6-9,11,14,17H,5H2,1-4H3. The van der Waals surface area contributed by atoms with Crippen LogP contribution in [0.15, 0.2) is 18.2 Å². The van der Waals surface area contributed by atoms with E-state index in [1.165, 1.54) is 13.2 Å². The van der Waals surface area contributed by atoms with E-state index in [2.05, 4.69) is 30.8 Å². The van der Waals surface area contributed by atoms with Gasteiger partial charge in [-0.3, -0.25) is 0 Å². The second kappa shape index (κ2) is 7.16. The van der Waals surface area contributed by atoms with Crippen LogP contribution in [0.4, 0.5) is 14.5 Å². The molecule has 5 heteroatoms. The minimum atomic E-state index is -2.86. The lowest BCUT2D eigenvalue weighted by molar-refractivity contribution is -0.0511. The average Bonchev–Trinajstić information content (AvgIpc) is 2.35. The van der Waals surface area contributed by atoms with Crippen molar-refractivity contribution in [3.8, 4) is 11.5 Å². The summed E-state index contributed by atoms with van der Waals surface area (Å²) in [6.45, 7) is 3.44. The Morgan fingerprint density at radius 2 is 1.89 bits per heavy atom. The van der Waals surface area contributed by atoms with Gasteiger partial charge in [0.2, 0.25) is 0 Å². The minimum Gasteiger partial charge on any atom is -0.493 e. The number of nitrogens with one attached hydrogen (secondary N) is 1. The van der Waals surface area contributed by atoms with Crippen LogP contribution in [0.5, 0.6) is 11.5 Å². The highest BCUT2D eigenvalue weighted by atomic mass is 19.3. The molecule has 0 amide bonds. The van der Waals surface area contributed by atoms with Crippen molar-refractivity contribution in [3.63, 3.8) is 0 Å². The van der Waals surface area contributed by atoms with Gasteiger partial charge in [-0.2, -0.15) is 8.78 Å². The van der Waals surface area contributed by atoms with Gasteiger partial charge in [0.05, 0.1) is 7.11 Å². The number of methoxy groups -OCH3 is 1. The van der Waals surface area contributed by atoms with E-state index in [0.717, 1.165) is 12.1 Å². The van der Waals surface area contributed by atoms with E-state index in [1.54, 1.807) is 12.1 Å². The Bertz CT molecular complexity index is 397. The molecule has 0 aromatic heterocycles. The fourth-order valence-corrected chi connectivity index (χ4v) is 1.91. The first-order valence-electron chi connectivity index (χ1n) is 6.37. The highest BCUT2D eigenvalue weighted by Gasteiger charge is 2.14.